The highest BCUT2D eigenvalue weighted by molar-refractivity contribution is 6.04. The first-order valence-corrected chi connectivity index (χ1v) is 4.56. The number of carbonyl (C=O) groups excluding carboxylic acids is 2. The molecule has 2 unspecified atom stereocenters. The van der Waals surface area contributed by atoms with Gasteiger partial charge in [0.15, 0.2) is 0 Å². The predicted octanol–water partition coefficient (Wildman–Crippen LogP) is -0.0254. The summed E-state index contributed by atoms with van der Waals surface area (Å²) in [6, 6.07) is -0.148. The number of imide groups is 1. The lowest BCUT2D eigenvalue weighted by atomic mass is 10.00. The van der Waals surface area contributed by atoms with E-state index in [9.17, 15) is 9.59 Å². The maximum atomic E-state index is 11.5. The number of nitrogens with two attached hydrogens (primary N) is 1. The van der Waals surface area contributed by atoms with Gasteiger partial charge in [-0.15, -0.1) is 0 Å². The van der Waals surface area contributed by atoms with Gasteiger partial charge < -0.3 is 5.73 Å². The number of rotatable bonds is 2. The normalized spacial score (nSPS) is 31.2. The van der Waals surface area contributed by atoms with Gasteiger partial charge in [0.1, 0.15) is 0 Å². The first-order chi connectivity index (χ1) is 5.95. The van der Waals surface area contributed by atoms with Crippen molar-refractivity contribution in [3.8, 4) is 0 Å². The van der Waals surface area contributed by atoms with Crippen LogP contribution in [0.1, 0.15) is 20.8 Å². The van der Waals surface area contributed by atoms with Gasteiger partial charge in [-0.1, -0.05) is 13.8 Å². The summed E-state index contributed by atoms with van der Waals surface area (Å²) in [5.41, 5.74) is 5.54. The second-order valence-corrected chi connectivity index (χ2v) is 3.84. The van der Waals surface area contributed by atoms with Crippen LogP contribution in [0.2, 0.25) is 0 Å². The van der Waals surface area contributed by atoms with Crippen LogP contribution in [-0.4, -0.2) is 29.3 Å². The Bertz CT molecular complexity index is 218. The van der Waals surface area contributed by atoms with Gasteiger partial charge in [-0.2, -0.15) is 0 Å². The number of hydrogen-bond acceptors (Lipinski definition) is 3. The molecule has 0 spiro atoms. The minimum Gasteiger partial charge on any atom is -0.326 e. The fourth-order valence-corrected chi connectivity index (χ4v) is 1.50. The standard InChI is InChI=1S/C9H16N2O2/c1-5(10)4-11-8(12)6(2)7(3)9(11)13/h5-7H,4,10H2,1-3H3/t5-,6?,7?/m0/s1. The zero-order valence-electron chi connectivity index (χ0n) is 8.28. The van der Waals surface area contributed by atoms with Crippen molar-refractivity contribution in [2.24, 2.45) is 17.6 Å². The Kier molecular flexibility index (Phi) is 2.71. The highest BCUT2D eigenvalue weighted by Gasteiger charge is 2.42. The highest BCUT2D eigenvalue weighted by atomic mass is 16.2. The molecule has 2 N–H and O–H groups in total. The average Bonchev–Trinajstić information content (AvgIpc) is 2.22. The number of nitrogens with zero attached hydrogens (tertiary/aromatic N) is 1. The predicted molar refractivity (Wildman–Crippen MR) is 48.7 cm³/mol. The van der Waals surface area contributed by atoms with Crippen molar-refractivity contribution in [2.45, 2.75) is 26.8 Å². The molecule has 13 heavy (non-hydrogen) atoms. The van der Waals surface area contributed by atoms with Crippen LogP contribution in [0.4, 0.5) is 0 Å². The van der Waals surface area contributed by atoms with Gasteiger partial charge in [-0.05, 0) is 6.92 Å². The molecule has 1 aliphatic heterocycles. The summed E-state index contributed by atoms with van der Waals surface area (Å²) in [7, 11) is 0. The SMILES string of the molecule is CC1C(=O)N(C[C@H](C)N)C(=O)C1C. The zero-order chi connectivity index (χ0) is 10.2. The van der Waals surface area contributed by atoms with Crippen molar-refractivity contribution < 1.29 is 9.59 Å². The molecule has 0 aromatic carbocycles. The zero-order valence-corrected chi connectivity index (χ0v) is 8.28. The summed E-state index contributed by atoms with van der Waals surface area (Å²) in [4.78, 5) is 24.3. The first kappa shape index (κ1) is 10.2. The van der Waals surface area contributed by atoms with Crippen LogP contribution in [0.15, 0.2) is 0 Å². The third-order valence-electron chi connectivity index (χ3n) is 2.53. The highest BCUT2D eigenvalue weighted by Crippen LogP contribution is 2.24. The lowest BCUT2D eigenvalue weighted by Gasteiger charge is -2.16. The summed E-state index contributed by atoms with van der Waals surface area (Å²) in [6.07, 6.45) is 0. The third-order valence-corrected chi connectivity index (χ3v) is 2.53. The Labute approximate surface area is 78.1 Å². The summed E-state index contributed by atoms with van der Waals surface area (Å²) >= 11 is 0. The summed E-state index contributed by atoms with van der Waals surface area (Å²) in [5.74, 6) is -0.554. The minimum atomic E-state index is -0.189. The molecule has 4 heteroatoms. The Hall–Kier alpha value is -0.900. The van der Waals surface area contributed by atoms with Crippen LogP contribution >= 0.6 is 0 Å². The van der Waals surface area contributed by atoms with Gasteiger partial charge in [0.05, 0.1) is 0 Å². The molecule has 2 amide bonds. The van der Waals surface area contributed by atoms with Gasteiger partial charge in [-0.25, -0.2) is 0 Å². The van der Waals surface area contributed by atoms with Crippen LogP contribution in [0.5, 0.6) is 0 Å². The summed E-state index contributed by atoms with van der Waals surface area (Å²) in [6.45, 7) is 5.69. The molecule has 1 saturated heterocycles. The summed E-state index contributed by atoms with van der Waals surface area (Å²) in [5, 5.41) is 0. The molecule has 0 saturated carbocycles. The van der Waals surface area contributed by atoms with E-state index in [1.54, 1.807) is 20.8 Å². The molecule has 1 aliphatic rings. The van der Waals surface area contributed by atoms with Crippen LogP contribution in [-0.2, 0) is 9.59 Å². The third kappa shape index (κ3) is 1.72. The van der Waals surface area contributed by atoms with E-state index in [-0.39, 0.29) is 29.7 Å². The van der Waals surface area contributed by atoms with Crippen LogP contribution in [0.25, 0.3) is 0 Å². The number of likely N-dealkylation sites (tertiary alicyclic amines) is 1. The topological polar surface area (TPSA) is 63.4 Å². The second-order valence-electron chi connectivity index (χ2n) is 3.84. The van der Waals surface area contributed by atoms with E-state index >= 15 is 0 Å². The Morgan fingerprint density at radius 3 is 2.00 bits per heavy atom. The van der Waals surface area contributed by atoms with Crippen LogP contribution in [0, 0.1) is 11.8 Å². The molecule has 0 bridgehead atoms. The second kappa shape index (κ2) is 3.46. The quantitative estimate of drug-likeness (QED) is 0.613. The van der Waals surface area contributed by atoms with E-state index in [4.69, 9.17) is 5.73 Å². The van der Waals surface area contributed by atoms with E-state index < -0.39 is 0 Å². The minimum absolute atomic E-state index is 0.0881. The van der Waals surface area contributed by atoms with E-state index in [0.29, 0.717) is 6.54 Å². The Balaban J connectivity index is 2.76. The van der Waals surface area contributed by atoms with Crippen molar-refractivity contribution in [3.05, 3.63) is 0 Å². The fraction of sp³-hybridized carbons (Fsp3) is 0.778. The molecule has 3 atom stereocenters. The fourth-order valence-electron chi connectivity index (χ4n) is 1.50. The van der Waals surface area contributed by atoms with E-state index in [1.807, 2.05) is 0 Å². The molecule has 1 rings (SSSR count). The van der Waals surface area contributed by atoms with Crippen molar-refractivity contribution in [2.75, 3.05) is 6.54 Å². The van der Waals surface area contributed by atoms with Crippen LogP contribution < -0.4 is 5.73 Å². The van der Waals surface area contributed by atoms with Gasteiger partial charge in [-0.3, -0.25) is 14.5 Å². The van der Waals surface area contributed by atoms with Gasteiger partial charge in [0.2, 0.25) is 11.8 Å². The molecular formula is C9H16N2O2. The molecular weight excluding hydrogens is 168 g/mol. The van der Waals surface area contributed by atoms with E-state index in [0.717, 1.165) is 0 Å². The van der Waals surface area contributed by atoms with Crippen molar-refractivity contribution >= 4 is 11.8 Å². The molecule has 4 nitrogen and oxygen atoms in total. The Morgan fingerprint density at radius 2 is 1.69 bits per heavy atom. The van der Waals surface area contributed by atoms with Gasteiger partial charge >= 0.3 is 0 Å². The average molecular weight is 184 g/mol. The maximum Gasteiger partial charge on any atom is 0.232 e. The smallest absolute Gasteiger partial charge is 0.232 e. The lowest BCUT2D eigenvalue weighted by Crippen LogP contribution is -2.39. The molecule has 1 heterocycles. The molecule has 0 aromatic rings. The van der Waals surface area contributed by atoms with Gasteiger partial charge in [0.25, 0.3) is 0 Å². The van der Waals surface area contributed by atoms with Crippen molar-refractivity contribution in [3.63, 3.8) is 0 Å². The monoisotopic (exact) mass is 184 g/mol. The summed E-state index contributed by atoms with van der Waals surface area (Å²) < 4.78 is 0. The first-order valence-electron chi connectivity index (χ1n) is 4.56. The van der Waals surface area contributed by atoms with Crippen LogP contribution in [0.3, 0.4) is 0 Å². The van der Waals surface area contributed by atoms with Gasteiger partial charge in [0, 0.05) is 24.4 Å². The van der Waals surface area contributed by atoms with E-state index in [1.165, 1.54) is 4.90 Å². The largest absolute Gasteiger partial charge is 0.326 e. The van der Waals surface area contributed by atoms with Crippen molar-refractivity contribution in [1.29, 1.82) is 0 Å². The molecule has 0 radical (unpaired) electrons. The Morgan fingerprint density at radius 1 is 1.31 bits per heavy atom. The van der Waals surface area contributed by atoms with Crippen molar-refractivity contribution in [1.82, 2.24) is 4.90 Å². The maximum absolute atomic E-state index is 11.5. The number of hydrogen-bond donors (Lipinski definition) is 1. The number of carbonyl (C=O) groups is 2. The molecule has 0 aromatic heterocycles. The lowest BCUT2D eigenvalue weighted by molar-refractivity contribution is -0.140. The molecule has 1 fully saturated rings. The molecule has 74 valence electrons. The molecule has 0 aliphatic carbocycles. The van der Waals surface area contributed by atoms with E-state index in [2.05, 4.69) is 0 Å². The number of amides is 2.